The smallest absolute Gasteiger partial charge is 0.338 e. The van der Waals surface area contributed by atoms with Crippen LogP contribution < -0.4 is 20.2 Å². The molecular weight excluding hydrogens is 1610 g/mol. The molecule has 0 aliphatic carbocycles. The minimum atomic E-state index is -5.40. The molecule has 0 fully saturated rings. The molecule has 4 aliphatic rings. The number of carbonyl (C=O) groups is 8. The van der Waals surface area contributed by atoms with Gasteiger partial charge in [-0.15, -0.1) is 0 Å². The summed E-state index contributed by atoms with van der Waals surface area (Å²) in [6, 6.07) is 11.6. The minimum Gasteiger partial charge on any atom is -0.508 e. The van der Waals surface area contributed by atoms with Crippen LogP contribution >= 0.6 is 0 Å². The first-order valence-electron chi connectivity index (χ1n) is 38.1. The Morgan fingerprint density at radius 3 is 1.34 bits per heavy atom. The molecule has 2 atom stereocenters. The van der Waals surface area contributed by atoms with Gasteiger partial charge in [0.1, 0.15) is 130 Å². The van der Waals surface area contributed by atoms with E-state index in [0.717, 1.165) is 156 Å². The fraction of sp³-hybridized carbons (Fsp3) is 0.519. The Morgan fingerprint density at radius 2 is 0.891 bits per heavy atom. The van der Waals surface area contributed by atoms with Crippen molar-refractivity contribution in [1.29, 1.82) is 0 Å². The van der Waals surface area contributed by atoms with Crippen LogP contribution in [-0.2, 0) is 117 Å². The number of fused-ring (bicyclic) bond motifs is 5. The van der Waals surface area contributed by atoms with Gasteiger partial charge in [-0.05, 0) is 153 Å². The van der Waals surface area contributed by atoms with Gasteiger partial charge in [0.25, 0.3) is 20.2 Å². The van der Waals surface area contributed by atoms with Gasteiger partial charge in [0.2, 0.25) is 0 Å². The molecule has 119 heavy (non-hydrogen) atoms. The van der Waals surface area contributed by atoms with Gasteiger partial charge < -0.3 is 104 Å². The third-order valence-corrected chi connectivity index (χ3v) is 23.6. The topological polar surface area (TPSA) is 556 Å². The Balaban J connectivity index is 1.06. The second-order valence-corrected chi connectivity index (χ2v) is 35.1. The van der Waals surface area contributed by atoms with E-state index >= 15 is 4.79 Å². The lowest BCUT2D eigenvalue weighted by Crippen LogP contribution is -2.49. The van der Waals surface area contributed by atoms with Crippen LogP contribution in [0.2, 0.25) is 0 Å². The molecule has 12 N–H and O–H groups in total. The van der Waals surface area contributed by atoms with E-state index in [1.54, 1.807) is 0 Å². The van der Waals surface area contributed by atoms with Gasteiger partial charge in [0.05, 0.1) is 74.2 Å². The number of nitrogens with zero attached hydrogens (tertiary/aromatic N) is 2. The second kappa shape index (κ2) is 37.7. The number of carbonyl (C=O) groups excluding carboxylic acids is 8. The number of phenols is 4. The summed E-state index contributed by atoms with van der Waals surface area (Å²) in [5.74, 6) is -13.5. The van der Waals surface area contributed by atoms with Crippen molar-refractivity contribution in [3.63, 3.8) is 0 Å². The van der Waals surface area contributed by atoms with Gasteiger partial charge in [-0.1, -0.05) is 19.4 Å². The Kier molecular flexibility index (Phi) is 29.4. The van der Waals surface area contributed by atoms with E-state index in [4.69, 9.17) is 51.8 Å². The fourth-order valence-corrected chi connectivity index (χ4v) is 15.1. The first kappa shape index (κ1) is 92.7. The summed E-state index contributed by atoms with van der Waals surface area (Å²) in [5, 5.41) is 114. The molecule has 5 aromatic carbocycles. The molecule has 650 valence electrons. The lowest BCUT2D eigenvalue weighted by atomic mass is 9.83. The molecule has 38 heteroatoms. The van der Waals surface area contributed by atoms with Crippen LogP contribution in [0.15, 0.2) is 81.5 Å². The van der Waals surface area contributed by atoms with E-state index in [-0.39, 0.29) is 5.56 Å². The zero-order valence-electron chi connectivity index (χ0n) is 66.7. The van der Waals surface area contributed by atoms with Gasteiger partial charge >= 0.3 is 47.8 Å². The van der Waals surface area contributed by atoms with E-state index in [9.17, 15) is 111 Å². The van der Waals surface area contributed by atoms with Crippen molar-refractivity contribution in [3.05, 3.63) is 122 Å². The van der Waals surface area contributed by atoms with Crippen molar-refractivity contribution in [2.75, 3.05) is 130 Å². The predicted molar refractivity (Wildman–Crippen MR) is 412 cm³/mol. The number of unbranched alkanes of at least 4 members (excludes halogenated alkanes) is 1. The summed E-state index contributed by atoms with van der Waals surface area (Å²) in [5.41, 5.74) is -12.1. The van der Waals surface area contributed by atoms with E-state index in [1.165, 1.54) is 6.07 Å². The highest BCUT2D eigenvalue weighted by Crippen LogP contribution is 2.50. The van der Waals surface area contributed by atoms with E-state index in [2.05, 4.69) is 4.90 Å². The Labute approximate surface area is 684 Å². The summed E-state index contributed by atoms with van der Waals surface area (Å²) in [4.78, 5) is 119. The second-order valence-electron chi connectivity index (χ2n) is 32.1. The molecule has 4 aliphatic heterocycles. The lowest BCUT2D eigenvalue weighted by molar-refractivity contribution is -0.184. The predicted octanol–water partition coefficient (Wildman–Crippen LogP) is 2.36. The number of aromatic hydroxyl groups is 4. The number of ether oxygens (including phenoxy) is 9. The zero-order valence-corrected chi connectivity index (χ0v) is 68.3. The molecule has 2 unspecified atom stereocenters. The monoisotopic (exact) mass is 1710 g/mol. The first-order valence-corrected chi connectivity index (χ1v) is 40.9. The van der Waals surface area contributed by atoms with E-state index < -0.39 is 256 Å². The van der Waals surface area contributed by atoms with Crippen molar-refractivity contribution in [3.8, 4) is 34.5 Å². The fourth-order valence-electron chi connectivity index (χ4n) is 13.2. The number of aliphatic hydroxyl groups excluding tert-OH is 7. The minimum absolute atomic E-state index is 0.108. The number of esters is 8. The molecule has 9 rings (SSSR count). The number of phenolic OH excluding ortho intramolecular Hbond substituents is 4. The number of anilines is 1. The summed E-state index contributed by atoms with van der Waals surface area (Å²) >= 11 is 0. The Bertz CT molecular complexity index is 4930. The van der Waals surface area contributed by atoms with E-state index in [0.29, 0.717) is 72.6 Å². The standard InChI is InChI=1S/C81H100N2O34S2/c1-8-9-13-47-26-59-62(60-27-48-14-11-20-83-21-12-16-58(64(48)83)66(60)117-65(59)57-15-10-19-82-63(47)57)56-18-17-55(30-61(56)118(103,104)105)119(106,107)116-42-78(5,37-90)72(100)113-41-80(7,40-112-71(99)77(4,35-88)36-89)74(102)115-46-81(43-108-67(95)49-22-51(91)28-52(92)23-49,44-109-68(96)50-24-53(93)29-54(94)25-50)45-114-73(101)79(6,38-110-69(97)75(2,31-84)32-85)39-111-70(98)76(3,33-86)34-87/h17-18,22-30,84-94H,8-16,19-21,31-46H2,1-7H3,(H,103,104,105). The number of benzene rings is 5. The van der Waals surface area contributed by atoms with Crippen LogP contribution in [-0.4, -0.2) is 251 Å². The molecule has 0 aromatic heterocycles. The van der Waals surface area contributed by atoms with Crippen LogP contribution in [0.25, 0.3) is 5.57 Å². The lowest BCUT2D eigenvalue weighted by Gasteiger charge is -2.39. The van der Waals surface area contributed by atoms with Gasteiger partial charge in [0, 0.05) is 70.5 Å². The summed E-state index contributed by atoms with van der Waals surface area (Å²) in [6.45, 7) is -8.74. The zero-order chi connectivity index (χ0) is 87.6. The molecule has 0 saturated heterocycles. The van der Waals surface area contributed by atoms with Gasteiger partial charge in [-0.2, -0.15) is 16.8 Å². The molecular formula is C81H100N2O34S2. The van der Waals surface area contributed by atoms with Crippen LogP contribution in [0.5, 0.6) is 34.5 Å². The van der Waals surface area contributed by atoms with Crippen molar-refractivity contribution >= 4 is 79.3 Å². The maximum atomic E-state index is 15.2. The number of hydrogen-bond donors (Lipinski definition) is 12. The Hall–Kier alpha value is -10.1. The van der Waals surface area contributed by atoms with Crippen molar-refractivity contribution in [2.45, 2.75) is 116 Å². The highest BCUT2D eigenvalue weighted by Gasteiger charge is 2.50. The quantitative estimate of drug-likeness (QED) is 0.0114. The van der Waals surface area contributed by atoms with Gasteiger partial charge in [-0.25, -0.2) is 9.59 Å². The van der Waals surface area contributed by atoms with Crippen molar-refractivity contribution in [2.24, 2.45) is 42.9 Å². The molecule has 0 bridgehead atoms. The number of aliphatic hydroxyl groups is 7. The van der Waals surface area contributed by atoms with Gasteiger partial charge in [-0.3, -0.25) is 42.5 Å². The molecule has 0 spiro atoms. The van der Waals surface area contributed by atoms with Crippen LogP contribution in [0.4, 0.5) is 5.69 Å². The summed E-state index contributed by atoms with van der Waals surface area (Å²) in [7, 11) is -10.7. The van der Waals surface area contributed by atoms with Crippen LogP contribution in [0, 0.1) is 37.9 Å². The SMILES string of the molecule is CCCCc1cc2c(c3c1=NCCC3)Oc1c(cc3c4c1CCCN4CCC3)C=2c1ccc(S(=O)(=O)OCC(C)(CO)C(=O)OCC(C)(COC(=O)C(C)(CO)CO)C(=O)OCC(COC(=O)c2cc(O)cc(O)c2)(COC(=O)c2cc(O)cc(O)c2)COC(=O)C(C)(COC(=O)C(C)(CO)CO)COC(=O)C(C)(CO)CO)cc1S(=O)(=O)O. The maximum Gasteiger partial charge on any atom is 0.338 e. The number of aryl methyl sites for hydroxylation is 2. The van der Waals surface area contributed by atoms with Gasteiger partial charge in [0.15, 0.2) is 0 Å². The average molecular weight is 1710 g/mol. The maximum absolute atomic E-state index is 15.2. The highest BCUT2D eigenvalue weighted by molar-refractivity contribution is 7.87. The molecule has 0 amide bonds. The van der Waals surface area contributed by atoms with E-state index in [1.807, 2.05) is 19.1 Å². The van der Waals surface area contributed by atoms with Crippen LogP contribution in [0.1, 0.15) is 135 Å². The number of hydrogen-bond acceptors (Lipinski definition) is 35. The molecule has 0 saturated carbocycles. The molecule has 0 radical (unpaired) electrons. The molecule has 5 aromatic rings. The van der Waals surface area contributed by atoms with Crippen molar-refractivity contribution in [1.82, 2.24) is 0 Å². The summed E-state index contributed by atoms with van der Waals surface area (Å²) in [6.07, 6.45) is 6.38. The third kappa shape index (κ3) is 20.7. The normalized spacial score (nSPS) is 15.2. The average Bonchev–Trinajstić information content (AvgIpc) is 0.709. The molecule has 4 heterocycles. The largest absolute Gasteiger partial charge is 0.508 e. The van der Waals surface area contributed by atoms with Crippen molar-refractivity contribution < 1.29 is 163 Å². The van der Waals surface area contributed by atoms with Crippen LogP contribution in [0.3, 0.4) is 0 Å². The first-order chi connectivity index (χ1) is 56.0. The number of rotatable bonds is 40. The summed E-state index contributed by atoms with van der Waals surface area (Å²) < 4.78 is 126. The highest BCUT2D eigenvalue weighted by atomic mass is 32.2. The Morgan fingerprint density at radius 1 is 0.471 bits per heavy atom. The third-order valence-electron chi connectivity index (χ3n) is 21.4. The molecule has 36 nitrogen and oxygen atoms in total.